The second-order valence-corrected chi connectivity index (χ2v) is 4.00. The number of carbonyl (C=O) groups excluding carboxylic acids is 1. The summed E-state index contributed by atoms with van der Waals surface area (Å²) in [5.74, 6) is 0.370. The molecule has 19 heavy (non-hydrogen) atoms. The van der Waals surface area contributed by atoms with E-state index in [1.807, 2.05) is 37.3 Å². The van der Waals surface area contributed by atoms with Gasteiger partial charge in [-0.3, -0.25) is 4.79 Å². The number of aryl methyl sites for hydroxylation is 1. The number of carbonyl (C=O) groups is 1. The van der Waals surface area contributed by atoms with E-state index >= 15 is 0 Å². The monoisotopic (exact) mass is 260 g/mol. The fraction of sp³-hybridized carbons (Fsp3) is 0.308. The average molecular weight is 260 g/mol. The summed E-state index contributed by atoms with van der Waals surface area (Å²) in [6, 6.07) is 9.55. The molecule has 1 unspecified atom stereocenters. The van der Waals surface area contributed by atoms with Crippen LogP contribution in [0.3, 0.4) is 0 Å². The third-order valence-electron chi connectivity index (χ3n) is 2.61. The van der Waals surface area contributed by atoms with Gasteiger partial charge in [0.2, 0.25) is 0 Å². The number of para-hydroxylation sites is 1. The van der Waals surface area contributed by atoms with Crippen LogP contribution >= 0.6 is 0 Å². The lowest BCUT2D eigenvalue weighted by atomic mass is 10.3. The van der Waals surface area contributed by atoms with Crippen molar-refractivity contribution in [2.75, 3.05) is 6.61 Å². The van der Waals surface area contributed by atoms with Crippen LogP contribution in [-0.4, -0.2) is 27.3 Å². The third-order valence-corrected chi connectivity index (χ3v) is 2.61. The quantitative estimate of drug-likeness (QED) is 0.873. The fourth-order valence-electron chi connectivity index (χ4n) is 1.79. The number of benzene rings is 1. The van der Waals surface area contributed by atoms with E-state index in [0.717, 1.165) is 5.69 Å². The summed E-state index contributed by atoms with van der Waals surface area (Å²) in [4.78, 5) is 15.6. The van der Waals surface area contributed by atoms with E-state index in [4.69, 9.17) is 10.5 Å². The topological polar surface area (TPSA) is 83.0 Å². The van der Waals surface area contributed by atoms with E-state index in [0.29, 0.717) is 12.4 Å². The number of primary amides is 1. The maximum Gasteiger partial charge on any atom is 0.254 e. The van der Waals surface area contributed by atoms with Crippen LogP contribution < -0.4 is 5.73 Å². The van der Waals surface area contributed by atoms with Gasteiger partial charge in [-0.1, -0.05) is 18.2 Å². The van der Waals surface area contributed by atoms with Gasteiger partial charge in [0.15, 0.2) is 11.9 Å². The first-order chi connectivity index (χ1) is 9.13. The lowest BCUT2D eigenvalue weighted by Gasteiger charge is -2.08. The fourth-order valence-corrected chi connectivity index (χ4v) is 1.79. The molecule has 6 nitrogen and oxygen atoms in total. The van der Waals surface area contributed by atoms with Crippen LogP contribution in [0.1, 0.15) is 24.7 Å². The Bertz CT molecular complexity index is 565. The summed E-state index contributed by atoms with van der Waals surface area (Å²) >= 11 is 0. The maximum atomic E-state index is 11.4. The lowest BCUT2D eigenvalue weighted by molar-refractivity contribution is -0.130. The molecule has 0 radical (unpaired) electrons. The molecule has 0 aliphatic carbocycles. The molecule has 1 aromatic carbocycles. The SMILES string of the molecule is CCOC(C(N)=O)c1nc(C)n(-c2ccccc2)n1. The molecule has 0 aliphatic rings. The number of nitrogens with two attached hydrogens (primary N) is 1. The molecule has 0 spiro atoms. The van der Waals surface area contributed by atoms with Crippen molar-refractivity contribution in [1.82, 2.24) is 14.8 Å². The Morgan fingerprint density at radius 2 is 2.11 bits per heavy atom. The van der Waals surface area contributed by atoms with Crippen molar-refractivity contribution in [2.45, 2.75) is 20.0 Å². The summed E-state index contributed by atoms with van der Waals surface area (Å²) in [7, 11) is 0. The normalized spacial score (nSPS) is 12.3. The predicted octanol–water partition coefficient (Wildman–Crippen LogP) is 1.14. The number of hydrogen-bond donors (Lipinski definition) is 1. The van der Waals surface area contributed by atoms with Crippen molar-refractivity contribution in [1.29, 1.82) is 0 Å². The van der Waals surface area contributed by atoms with Crippen LogP contribution in [0.4, 0.5) is 0 Å². The van der Waals surface area contributed by atoms with Crippen LogP contribution in [0.25, 0.3) is 5.69 Å². The van der Waals surface area contributed by atoms with Crippen LogP contribution in [-0.2, 0) is 9.53 Å². The largest absolute Gasteiger partial charge is 0.367 e. The molecule has 1 aromatic heterocycles. The summed E-state index contributed by atoms with van der Waals surface area (Å²) < 4.78 is 6.94. The minimum atomic E-state index is -0.909. The summed E-state index contributed by atoms with van der Waals surface area (Å²) in [5, 5.41) is 4.30. The van der Waals surface area contributed by atoms with E-state index in [-0.39, 0.29) is 5.82 Å². The Labute approximate surface area is 111 Å². The number of amides is 1. The lowest BCUT2D eigenvalue weighted by Crippen LogP contribution is -2.25. The molecule has 100 valence electrons. The molecule has 0 saturated carbocycles. The molecule has 2 aromatic rings. The molecule has 0 fully saturated rings. The second-order valence-electron chi connectivity index (χ2n) is 4.00. The smallest absolute Gasteiger partial charge is 0.254 e. The van der Waals surface area contributed by atoms with E-state index < -0.39 is 12.0 Å². The van der Waals surface area contributed by atoms with Crippen LogP contribution in [0.2, 0.25) is 0 Å². The van der Waals surface area contributed by atoms with Gasteiger partial charge in [0, 0.05) is 6.61 Å². The maximum absolute atomic E-state index is 11.4. The third kappa shape index (κ3) is 2.79. The average Bonchev–Trinajstić information content (AvgIpc) is 2.78. The summed E-state index contributed by atoms with van der Waals surface area (Å²) in [6.07, 6.45) is -0.909. The number of nitrogens with zero attached hydrogens (tertiary/aromatic N) is 3. The van der Waals surface area contributed by atoms with Gasteiger partial charge in [-0.25, -0.2) is 9.67 Å². The zero-order chi connectivity index (χ0) is 13.8. The number of ether oxygens (including phenoxy) is 1. The molecular formula is C13H16N4O2. The van der Waals surface area contributed by atoms with Gasteiger partial charge in [-0.2, -0.15) is 0 Å². The van der Waals surface area contributed by atoms with Crippen LogP contribution in [0, 0.1) is 6.92 Å². The van der Waals surface area contributed by atoms with Crippen molar-refractivity contribution in [2.24, 2.45) is 5.73 Å². The molecular weight excluding hydrogens is 244 g/mol. The minimum Gasteiger partial charge on any atom is -0.367 e. The zero-order valence-electron chi connectivity index (χ0n) is 10.9. The highest BCUT2D eigenvalue weighted by molar-refractivity contribution is 5.79. The molecule has 6 heteroatoms. The number of rotatable bonds is 5. The van der Waals surface area contributed by atoms with E-state index in [9.17, 15) is 4.79 Å². The first-order valence-electron chi connectivity index (χ1n) is 6.03. The Morgan fingerprint density at radius 3 is 2.68 bits per heavy atom. The van der Waals surface area contributed by atoms with E-state index in [1.165, 1.54) is 0 Å². The van der Waals surface area contributed by atoms with Gasteiger partial charge in [-0.15, -0.1) is 5.10 Å². The van der Waals surface area contributed by atoms with Gasteiger partial charge in [-0.05, 0) is 26.0 Å². The van der Waals surface area contributed by atoms with Crippen molar-refractivity contribution in [3.63, 3.8) is 0 Å². The van der Waals surface area contributed by atoms with Gasteiger partial charge in [0.1, 0.15) is 5.82 Å². The highest BCUT2D eigenvalue weighted by Crippen LogP contribution is 2.16. The Balaban J connectivity index is 2.38. The number of aromatic nitrogens is 3. The summed E-state index contributed by atoms with van der Waals surface area (Å²) in [5.41, 5.74) is 6.17. The van der Waals surface area contributed by atoms with Crippen molar-refractivity contribution < 1.29 is 9.53 Å². The number of hydrogen-bond acceptors (Lipinski definition) is 4. The van der Waals surface area contributed by atoms with Gasteiger partial charge in [0.05, 0.1) is 5.69 Å². The molecule has 0 bridgehead atoms. The molecule has 1 atom stereocenters. The Hall–Kier alpha value is -2.21. The minimum absolute atomic E-state index is 0.288. The molecule has 2 rings (SSSR count). The molecule has 0 saturated heterocycles. The van der Waals surface area contributed by atoms with Gasteiger partial charge < -0.3 is 10.5 Å². The highest BCUT2D eigenvalue weighted by Gasteiger charge is 2.24. The molecule has 1 amide bonds. The molecule has 1 heterocycles. The first-order valence-corrected chi connectivity index (χ1v) is 6.03. The second kappa shape index (κ2) is 5.62. The van der Waals surface area contributed by atoms with E-state index in [2.05, 4.69) is 10.1 Å². The Morgan fingerprint density at radius 1 is 1.42 bits per heavy atom. The van der Waals surface area contributed by atoms with Crippen LogP contribution in [0.5, 0.6) is 0 Å². The zero-order valence-corrected chi connectivity index (χ0v) is 10.9. The molecule has 2 N–H and O–H groups in total. The standard InChI is InChI=1S/C13H16N4O2/c1-3-19-11(12(14)18)13-15-9(2)17(16-13)10-7-5-4-6-8-10/h4-8,11H,3H2,1-2H3,(H2,14,18). The molecule has 0 aliphatic heterocycles. The predicted molar refractivity (Wildman–Crippen MR) is 69.7 cm³/mol. The summed E-state index contributed by atoms with van der Waals surface area (Å²) in [6.45, 7) is 3.97. The van der Waals surface area contributed by atoms with Gasteiger partial charge in [0.25, 0.3) is 5.91 Å². The highest BCUT2D eigenvalue weighted by atomic mass is 16.5. The Kier molecular flexibility index (Phi) is 3.91. The van der Waals surface area contributed by atoms with Crippen molar-refractivity contribution in [3.05, 3.63) is 42.0 Å². The van der Waals surface area contributed by atoms with E-state index in [1.54, 1.807) is 11.6 Å². The van der Waals surface area contributed by atoms with Gasteiger partial charge >= 0.3 is 0 Å². The van der Waals surface area contributed by atoms with Crippen molar-refractivity contribution >= 4 is 5.91 Å². The van der Waals surface area contributed by atoms with Crippen LogP contribution in [0.15, 0.2) is 30.3 Å². The van der Waals surface area contributed by atoms with Crippen molar-refractivity contribution in [3.8, 4) is 5.69 Å². The first kappa shape index (κ1) is 13.2.